The van der Waals surface area contributed by atoms with Gasteiger partial charge in [-0.3, -0.25) is 11.3 Å². The van der Waals surface area contributed by atoms with Crippen molar-refractivity contribution in [2.24, 2.45) is 11.8 Å². The van der Waals surface area contributed by atoms with Crippen molar-refractivity contribution < 1.29 is 17.9 Å². The number of nitrogens with two attached hydrogens (primary N) is 1. The van der Waals surface area contributed by atoms with Gasteiger partial charge in [0.1, 0.15) is 0 Å². The Balaban J connectivity index is 2.41. The number of hydrogen-bond acceptors (Lipinski definition) is 3. The van der Waals surface area contributed by atoms with Crippen LogP contribution < -0.4 is 11.3 Å². The van der Waals surface area contributed by atoms with Gasteiger partial charge in [0.25, 0.3) is 0 Å². The average molecular weight is 226 g/mol. The van der Waals surface area contributed by atoms with Gasteiger partial charge < -0.3 is 4.74 Å². The van der Waals surface area contributed by atoms with Crippen LogP contribution in [0, 0.1) is 5.92 Å². The molecule has 1 saturated heterocycles. The molecule has 0 aromatic carbocycles. The van der Waals surface area contributed by atoms with Crippen molar-refractivity contribution in [3.63, 3.8) is 0 Å². The molecule has 0 aliphatic carbocycles. The number of hydrazine groups is 1. The summed E-state index contributed by atoms with van der Waals surface area (Å²) in [4.78, 5) is 0. The highest BCUT2D eigenvalue weighted by molar-refractivity contribution is 4.83. The number of halogens is 3. The molecule has 1 heterocycles. The second-order valence-electron chi connectivity index (χ2n) is 3.96. The largest absolute Gasteiger partial charge is 0.389 e. The Labute approximate surface area is 87.1 Å². The number of rotatable bonds is 4. The Morgan fingerprint density at radius 3 is 2.60 bits per heavy atom. The van der Waals surface area contributed by atoms with Crippen molar-refractivity contribution in [3.8, 4) is 0 Å². The van der Waals surface area contributed by atoms with Gasteiger partial charge in [0.05, 0.1) is 6.10 Å². The quantitative estimate of drug-likeness (QED) is 0.565. The Morgan fingerprint density at radius 1 is 1.53 bits per heavy atom. The number of hydrogen-bond donors (Lipinski definition) is 2. The number of nitrogens with one attached hydrogen (secondary N) is 1. The highest BCUT2D eigenvalue weighted by atomic mass is 19.4. The first-order valence-electron chi connectivity index (χ1n) is 5.08. The molecule has 1 aliphatic rings. The standard InChI is InChI=1S/C9H17F3N2O/c1-6-7(3-5-15-6)8(14-13)2-4-9(10,11)12/h6-8,14H,2-5,13H2,1H3. The van der Waals surface area contributed by atoms with E-state index in [4.69, 9.17) is 10.6 Å². The zero-order chi connectivity index (χ0) is 11.5. The SMILES string of the molecule is CC1OCCC1C(CCC(F)(F)F)NN. The highest BCUT2D eigenvalue weighted by Crippen LogP contribution is 2.29. The van der Waals surface area contributed by atoms with Crippen LogP contribution in [-0.4, -0.2) is 24.9 Å². The van der Waals surface area contributed by atoms with Crippen molar-refractivity contribution in [1.29, 1.82) is 0 Å². The normalized spacial score (nSPS) is 29.4. The van der Waals surface area contributed by atoms with Crippen molar-refractivity contribution in [2.45, 2.75) is 44.5 Å². The second-order valence-corrected chi connectivity index (χ2v) is 3.96. The lowest BCUT2D eigenvalue weighted by atomic mass is 9.91. The van der Waals surface area contributed by atoms with Crippen molar-refractivity contribution in [3.05, 3.63) is 0 Å². The van der Waals surface area contributed by atoms with Crippen LogP contribution in [0.4, 0.5) is 13.2 Å². The van der Waals surface area contributed by atoms with Gasteiger partial charge in [-0.05, 0) is 19.8 Å². The lowest BCUT2D eigenvalue weighted by Gasteiger charge is -2.25. The van der Waals surface area contributed by atoms with Gasteiger partial charge in [-0.25, -0.2) is 0 Å². The third-order valence-corrected chi connectivity index (χ3v) is 2.90. The first kappa shape index (κ1) is 12.7. The first-order valence-corrected chi connectivity index (χ1v) is 5.08. The monoisotopic (exact) mass is 226 g/mol. The van der Waals surface area contributed by atoms with Gasteiger partial charge in [-0.2, -0.15) is 13.2 Å². The molecular weight excluding hydrogens is 209 g/mol. The minimum absolute atomic E-state index is 0.0123. The van der Waals surface area contributed by atoms with Gasteiger partial charge in [-0.15, -0.1) is 0 Å². The maximum absolute atomic E-state index is 12.0. The van der Waals surface area contributed by atoms with Gasteiger partial charge in [-0.1, -0.05) is 0 Å². The summed E-state index contributed by atoms with van der Waals surface area (Å²) in [5.41, 5.74) is 2.47. The van der Waals surface area contributed by atoms with E-state index in [9.17, 15) is 13.2 Å². The molecule has 0 radical (unpaired) electrons. The van der Waals surface area contributed by atoms with Crippen LogP contribution in [0.15, 0.2) is 0 Å². The average Bonchev–Trinajstić information content (AvgIpc) is 2.52. The number of ether oxygens (including phenoxy) is 1. The Kier molecular flexibility index (Phi) is 4.36. The van der Waals surface area contributed by atoms with Crippen LogP contribution in [0.25, 0.3) is 0 Å². The van der Waals surface area contributed by atoms with Gasteiger partial charge in [0, 0.05) is 25.0 Å². The maximum Gasteiger partial charge on any atom is 0.389 e. The van der Waals surface area contributed by atoms with E-state index in [-0.39, 0.29) is 24.5 Å². The van der Waals surface area contributed by atoms with E-state index in [1.54, 1.807) is 0 Å². The molecule has 0 bridgehead atoms. The third-order valence-electron chi connectivity index (χ3n) is 2.90. The van der Waals surface area contributed by atoms with Crippen molar-refractivity contribution in [2.75, 3.05) is 6.61 Å². The van der Waals surface area contributed by atoms with E-state index in [2.05, 4.69) is 5.43 Å². The predicted molar refractivity (Wildman–Crippen MR) is 49.9 cm³/mol. The predicted octanol–water partition coefficient (Wildman–Crippen LogP) is 1.59. The molecule has 3 unspecified atom stereocenters. The Morgan fingerprint density at radius 2 is 2.20 bits per heavy atom. The molecule has 1 rings (SSSR count). The Bertz CT molecular complexity index is 198. The minimum Gasteiger partial charge on any atom is -0.378 e. The van der Waals surface area contributed by atoms with E-state index in [0.29, 0.717) is 6.61 Å². The molecule has 90 valence electrons. The van der Waals surface area contributed by atoms with Crippen molar-refractivity contribution in [1.82, 2.24) is 5.43 Å². The van der Waals surface area contributed by atoms with Crippen LogP contribution in [0.5, 0.6) is 0 Å². The van der Waals surface area contributed by atoms with E-state index in [1.165, 1.54) is 0 Å². The van der Waals surface area contributed by atoms with E-state index >= 15 is 0 Å². The maximum atomic E-state index is 12.0. The summed E-state index contributed by atoms with van der Waals surface area (Å²) in [5.74, 6) is 5.35. The highest BCUT2D eigenvalue weighted by Gasteiger charge is 2.34. The Hall–Kier alpha value is -0.330. The molecule has 3 nitrogen and oxygen atoms in total. The van der Waals surface area contributed by atoms with Crippen LogP contribution in [0.2, 0.25) is 0 Å². The van der Waals surface area contributed by atoms with Crippen LogP contribution >= 0.6 is 0 Å². The van der Waals surface area contributed by atoms with Crippen LogP contribution in [0.1, 0.15) is 26.2 Å². The minimum atomic E-state index is -4.11. The summed E-state index contributed by atoms with van der Waals surface area (Å²) in [7, 11) is 0. The summed E-state index contributed by atoms with van der Waals surface area (Å²) in [6.07, 6.45) is -4.14. The fourth-order valence-corrected chi connectivity index (χ4v) is 2.02. The summed E-state index contributed by atoms with van der Waals surface area (Å²) in [6.45, 7) is 2.48. The lowest BCUT2D eigenvalue weighted by Crippen LogP contribution is -2.43. The summed E-state index contributed by atoms with van der Waals surface area (Å²) < 4.78 is 41.4. The molecule has 0 aromatic rings. The molecule has 0 aromatic heterocycles. The molecule has 1 aliphatic heterocycles. The molecule has 3 atom stereocenters. The van der Waals surface area contributed by atoms with Gasteiger partial charge in [0.2, 0.25) is 0 Å². The number of alkyl halides is 3. The third kappa shape index (κ3) is 3.96. The van der Waals surface area contributed by atoms with E-state index in [0.717, 1.165) is 6.42 Å². The molecule has 0 amide bonds. The van der Waals surface area contributed by atoms with Crippen LogP contribution in [-0.2, 0) is 4.74 Å². The zero-order valence-corrected chi connectivity index (χ0v) is 8.68. The molecule has 0 saturated carbocycles. The molecule has 0 spiro atoms. The van der Waals surface area contributed by atoms with Crippen molar-refractivity contribution >= 4 is 0 Å². The smallest absolute Gasteiger partial charge is 0.378 e. The summed E-state index contributed by atoms with van der Waals surface area (Å²) in [5, 5.41) is 0. The summed E-state index contributed by atoms with van der Waals surface area (Å²) >= 11 is 0. The molecule has 1 fully saturated rings. The molecule has 6 heteroatoms. The molecule has 3 N–H and O–H groups in total. The lowest BCUT2D eigenvalue weighted by molar-refractivity contribution is -0.137. The van der Waals surface area contributed by atoms with E-state index < -0.39 is 12.6 Å². The molecule has 15 heavy (non-hydrogen) atoms. The fraction of sp³-hybridized carbons (Fsp3) is 1.00. The second kappa shape index (κ2) is 5.14. The van der Waals surface area contributed by atoms with E-state index in [1.807, 2.05) is 6.92 Å². The van der Waals surface area contributed by atoms with Gasteiger partial charge >= 0.3 is 6.18 Å². The first-order chi connectivity index (χ1) is 6.94. The molecular formula is C9H17F3N2O. The topological polar surface area (TPSA) is 47.3 Å². The van der Waals surface area contributed by atoms with Crippen LogP contribution in [0.3, 0.4) is 0 Å². The van der Waals surface area contributed by atoms with Gasteiger partial charge in [0.15, 0.2) is 0 Å². The zero-order valence-electron chi connectivity index (χ0n) is 8.68. The fourth-order valence-electron chi connectivity index (χ4n) is 2.02. The summed E-state index contributed by atoms with van der Waals surface area (Å²) in [6, 6.07) is -0.316.